The summed E-state index contributed by atoms with van der Waals surface area (Å²) in [5.41, 5.74) is 6.27. The predicted molar refractivity (Wildman–Crippen MR) is 182 cm³/mol. The van der Waals surface area contributed by atoms with Gasteiger partial charge in [0.2, 0.25) is 0 Å². The van der Waals surface area contributed by atoms with Crippen molar-refractivity contribution in [3.05, 3.63) is 177 Å². The largest absolute Gasteiger partial charge is 2.00 e. The van der Waals surface area contributed by atoms with Gasteiger partial charge in [0, 0.05) is 0 Å². The van der Waals surface area contributed by atoms with Gasteiger partial charge in [-0.15, -0.1) is 23.5 Å². The summed E-state index contributed by atoms with van der Waals surface area (Å²) in [6.07, 6.45) is -8.01. The zero-order valence-electron chi connectivity index (χ0n) is 27.6. The van der Waals surface area contributed by atoms with Gasteiger partial charge in [0.1, 0.15) is 0 Å². The van der Waals surface area contributed by atoms with Crippen LogP contribution in [0.25, 0.3) is 0 Å². The van der Waals surface area contributed by atoms with Crippen LogP contribution < -0.4 is 21.2 Å². The molecule has 0 amide bonds. The Morgan fingerprint density at radius 3 is 1.11 bits per heavy atom. The molecule has 0 heterocycles. The molecule has 0 N–H and O–H groups in total. The molecule has 0 fully saturated rings. The smallest absolute Gasteiger partial charge is 0.288 e. The van der Waals surface area contributed by atoms with Crippen molar-refractivity contribution in [2.24, 2.45) is 0 Å². The SMILES string of the molecule is C[C@H](C1=[C][C-]=C=C1P(c1ccc(C(F)(F)F)cc1)c1ccc(C(F)(F)F)cc1)P(c1ccc(C(F)(F)F)cc1)c1ccc(C(F)(F)F)cc1.[C]1=C=C=C=[C-]1.[Fe+2]. The van der Waals surface area contributed by atoms with Crippen LogP contribution in [0.5, 0.6) is 0 Å². The van der Waals surface area contributed by atoms with Crippen LogP contribution >= 0.6 is 15.8 Å². The second-order valence-corrected chi connectivity index (χ2v) is 16.0. The molecule has 1 atom stereocenters. The van der Waals surface area contributed by atoms with Gasteiger partial charge >= 0.3 is 41.8 Å². The van der Waals surface area contributed by atoms with Gasteiger partial charge in [0.05, 0.1) is 22.3 Å². The number of hydrogen-bond donors (Lipinski definition) is 0. The van der Waals surface area contributed by atoms with E-state index >= 15 is 0 Å². The summed E-state index contributed by atoms with van der Waals surface area (Å²) < 4.78 is 161. The normalized spacial score (nSPS) is 14.2. The fraction of sp³-hybridized carbons (Fsp3) is 0.150. The molecule has 282 valence electrons. The standard InChI is InChI=1S/C35H20F12P2.C5.Fe/c1-21(48(26-13-5-22(6-14-26)32(36,37)38)27-15-7-23(8-16-27)33(39,40)41)30-3-2-4-31(30)49(28-17-9-24(10-18-28)34(42,43)44)29-19-11-25(12-20-29)35(45,46)47;1-2-4-5-3-1;/h5-21H,1H3;;/q2*-1;+2/t21-;;/m1../s1. The van der Waals surface area contributed by atoms with Crippen LogP contribution in [0.2, 0.25) is 0 Å². The van der Waals surface area contributed by atoms with Gasteiger partial charge in [-0.1, -0.05) is 63.4 Å². The Labute approximate surface area is 320 Å². The molecule has 0 bridgehead atoms. The van der Waals surface area contributed by atoms with Gasteiger partial charge < -0.3 is 0 Å². The van der Waals surface area contributed by atoms with E-state index in [0.29, 0.717) is 32.1 Å². The van der Waals surface area contributed by atoms with Gasteiger partial charge in [-0.05, 0) is 83.3 Å². The van der Waals surface area contributed by atoms with Gasteiger partial charge in [-0.3, -0.25) is 17.2 Å². The number of alkyl halides is 12. The van der Waals surface area contributed by atoms with Crippen LogP contribution in [-0.4, -0.2) is 5.66 Å². The molecule has 4 aromatic carbocycles. The van der Waals surface area contributed by atoms with Gasteiger partial charge in [0.25, 0.3) is 0 Å². The van der Waals surface area contributed by atoms with Crippen molar-refractivity contribution in [3.63, 3.8) is 0 Å². The van der Waals surface area contributed by atoms with Crippen LogP contribution in [0, 0.1) is 24.3 Å². The molecular formula is C40H20F12FeP2. The fourth-order valence-electron chi connectivity index (χ4n) is 5.27. The van der Waals surface area contributed by atoms with Crippen molar-refractivity contribution in [2.45, 2.75) is 37.3 Å². The monoisotopic (exact) mass is 846 g/mol. The van der Waals surface area contributed by atoms with E-state index in [1.54, 1.807) is 6.92 Å². The van der Waals surface area contributed by atoms with Gasteiger partial charge in [-0.2, -0.15) is 64.3 Å². The van der Waals surface area contributed by atoms with E-state index in [2.05, 4.69) is 47.2 Å². The topological polar surface area (TPSA) is 0 Å². The summed E-state index contributed by atoms with van der Waals surface area (Å²) in [7, 11) is -3.67. The molecule has 0 spiro atoms. The minimum absolute atomic E-state index is 0. The third-order valence-electron chi connectivity index (χ3n) is 7.83. The molecule has 2 aliphatic carbocycles. The van der Waals surface area contributed by atoms with Crippen molar-refractivity contribution in [3.8, 4) is 0 Å². The second kappa shape index (κ2) is 17.3. The van der Waals surface area contributed by atoms with E-state index in [0.717, 1.165) is 48.5 Å². The van der Waals surface area contributed by atoms with Crippen LogP contribution in [0.4, 0.5) is 52.7 Å². The maximum absolute atomic E-state index is 13.4. The van der Waals surface area contributed by atoms with Crippen LogP contribution in [-0.2, 0) is 41.8 Å². The van der Waals surface area contributed by atoms with Crippen molar-refractivity contribution in [1.82, 2.24) is 0 Å². The Hall–Kier alpha value is -4.24. The Balaban J connectivity index is 0.00000104. The molecule has 0 aliphatic heterocycles. The first-order valence-electron chi connectivity index (χ1n) is 15.3. The number of hydrogen-bond acceptors (Lipinski definition) is 0. The first-order chi connectivity index (χ1) is 25.2. The maximum Gasteiger partial charge on any atom is 2.00 e. The molecule has 4 aromatic rings. The van der Waals surface area contributed by atoms with Crippen molar-refractivity contribution < 1.29 is 69.8 Å². The zero-order chi connectivity index (χ0) is 39.5. The third kappa shape index (κ3) is 10.7. The summed E-state index contributed by atoms with van der Waals surface area (Å²) in [5.74, 6) is 0. The summed E-state index contributed by atoms with van der Waals surface area (Å²) in [5, 5.41) is 1.68. The maximum atomic E-state index is 13.4. The summed E-state index contributed by atoms with van der Waals surface area (Å²) in [6, 6.07) is 16.5. The van der Waals surface area contributed by atoms with Crippen LogP contribution in [0.3, 0.4) is 0 Å². The number of allylic oxidation sites excluding steroid dienone is 5. The Morgan fingerprint density at radius 1 is 0.491 bits per heavy atom. The van der Waals surface area contributed by atoms with E-state index in [9.17, 15) is 52.7 Å². The van der Waals surface area contributed by atoms with Gasteiger partial charge in [-0.25, -0.2) is 5.73 Å². The second-order valence-electron chi connectivity index (χ2n) is 11.3. The average molecular weight is 846 g/mol. The molecule has 15 heteroatoms. The van der Waals surface area contributed by atoms with Crippen molar-refractivity contribution >= 4 is 37.1 Å². The summed E-state index contributed by atoms with van der Waals surface area (Å²) in [4.78, 5) is 0. The third-order valence-corrected chi connectivity index (χ3v) is 13.0. The Bertz CT molecular complexity index is 2070. The summed E-state index contributed by atoms with van der Waals surface area (Å²) >= 11 is 0. The molecular weight excluding hydrogens is 826 g/mol. The van der Waals surface area contributed by atoms with E-state index < -0.39 is 68.5 Å². The number of halogens is 12. The van der Waals surface area contributed by atoms with E-state index in [4.69, 9.17) is 0 Å². The molecule has 0 saturated heterocycles. The first kappa shape index (κ1) is 43.5. The van der Waals surface area contributed by atoms with Gasteiger partial charge in [0.15, 0.2) is 0 Å². The Kier molecular flexibility index (Phi) is 13.7. The quantitative estimate of drug-likeness (QED) is 0.0572. The molecule has 2 aliphatic rings. The fourth-order valence-corrected chi connectivity index (χ4v) is 10.3. The molecule has 6 rings (SSSR count). The Morgan fingerprint density at radius 2 is 0.836 bits per heavy atom. The number of benzene rings is 4. The molecule has 0 unspecified atom stereocenters. The number of rotatable bonds is 7. The van der Waals surface area contributed by atoms with Crippen LogP contribution in [0.15, 0.2) is 131 Å². The average Bonchev–Trinajstić information content (AvgIpc) is 3.85. The molecule has 2 radical (unpaired) electrons. The summed E-state index contributed by atoms with van der Waals surface area (Å²) in [6.45, 7) is 1.67. The van der Waals surface area contributed by atoms with E-state index in [-0.39, 0.29) is 17.1 Å². The van der Waals surface area contributed by atoms with Crippen LogP contribution in [0.1, 0.15) is 29.2 Å². The predicted octanol–water partition coefficient (Wildman–Crippen LogP) is 10.9. The van der Waals surface area contributed by atoms with Crippen molar-refractivity contribution in [2.75, 3.05) is 0 Å². The minimum atomic E-state index is -4.66. The molecule has 0 aromatic heterocycles. The molecule has 0 saturated carbocycles. The van der Waals surface area contributed by atoms with E-state index in [1.165, 1.54) is 48.5 Å². The minimum Gasteiger partial charge on any atom is -0.288 e. The van der Waals surface area contributed by atoms with E-state index in [1.807, 2.05) is 0 Å². The zero-order valence-corrected chi connectivity index (χ0v) is 30.5. The first-order valence-corrected chi connectivity index (χ1v) is 18.0. The molecule has 0 nitrogen and oxygen atoms in total. The molecule has 55 heavy (non-hydrogen) atoms. The van der Waals surface area contributed by atoms with Crippen molar-refractivity contribution in [1.29, 1.82) is 0 Å².